The molecule has 4 nitrogen and oxygen atoms in total. The lowest BCUT2D eigenvalue weighted by Crippen LogP contribution is -2.38. The highest BCUT2D eigenvalue weighted by Gasteiger charge is 2.46. The van der Waals surface area contributed by atoms with E-state index < -0.39 is 17.5 Å². The first-order valence-corrected chi connectivity index (χ1v) is 4.18. The lowest BCUT2D eigenvalue weighted by Gasteiger charge is -2.19. The molecule has 1 atom stereocenters. The summed E-state index contributed by atoms with van der Waals surface area (Å²) in [5.41, 5.74) is 4.83. The quantitative estimate of drug-likeness (QED) is 0.659. The van der Waals surface area contributed by atoms with E-state index in [1.807, 2.05) is 0 Å². The highest BCUT2D eigenvalue weighted by molar-refractivity contribution is 6.01. The molecule has 1 aromatic carbocycles. The van der Waals surface area contributed by atoms with Gasteiger partial charge in [0.2, 0.25) is 5.60 Å². The molecule has 1 unspecified atom stereocenters. The molecule has 1 aromatic rings. The van der Waals surface area contributed by atoms with Crippen LogP contribution < -0.4 is 5.73 Å². The van der Waals surface area contributed by atoms with Gasteiger partial charge in [0.25, 0.3) is 5.91 Å². The van der Waals surface area contributed by atoms with Crippen molar-refractivity contribution < 1.29 is 14.3 Å². The topological polar surface area (TPSA) is 69.4 Å². The SMILES string of the molecule is CC1(C(N)=O)OC(=O)c2ccccc21. The molecule has 0 radical (unpaired) electrons. The zero-order valence-corrected chi connectivity index (χ0v) is 7.61. The van der Waals surface area contributed by atoms with E-state index in [0.29, 0.717) is 11.1 Å². The molecular weight excluding hydrogens is 182 g/mol. The molecular formula is C10H9NO3. The number of hydrogen-bond donors (Lipinski definition) is 1. The average molecular weight is 191 g/mol. The summed E-state index contributed by atoms with van der Waals surface area (Å²) in [6, 6.07) is 6.74. The van der Waals surface area contributed by atoms with Gasteiger partial charge in [-0.3, -0.25) is 4.79 Å². The monoisotopic (exact) mass is 191 g/mol. The molecule has 0 saturated carbocycles. The van der Waals surface area contributed by atoms with E-state index in [4.69, 9.17) is 10.5 Å². The molecule has 14 heavy (non-hydrogen) atoms. The highest BCUT2D eigenvalue weighted by atomic mass is 16.6. The van der Waals surface area contributed by atoms with Crippen LogP contribution in [0.5, 0.6) is 0 Å². The van der Waals surface area contributed by atoms with Crippen molar-refractivity contribution in [1.82, 2.24) is 0 Å². The van der Waals surface area contributed by atoms with Crippen LogP contribution in [0.2, 0.25) is 0 Å². The summed E-state index contributed by atoms with van der Waals surface area (Å²) in [5.74, 6) is -1.15. The summed E-state index contributed by atoms with van der Waals surface area (Å²) < 4.78 is 4.97. The van der Waals surface area contributed by atoms with Crippen LogP contribution in [0.3, 0.4) is 0 Å². The Bertz CT molecular complexity index is 427. The number of nitrogens with two attached hydrogens (primary N) is 1. The Morgan fingerprint density at radius 1 is 1.43 bits per heavy atom. The standard InChI is InChI=1S/C10H9NO3/c1-10(9(11)13)7-5-3-2-4-6(7)8(12)14-10/h2-5H,1H3,(H2,11,13). The van der Waals surface area contributed by atoms with Crippen LogP contribution in [0.25, 0.3) is 0 Å². The van der Waals surface area contributed by atoms with Crippen molar-refractivity contribution in [1.29, 1.82) is 0 Å². The molecule has 1 heterocycles. The number of esters is 1. The summed E-state index contributed by atoms with van der Waals surface area (Å²) in [6.07, 6.45) is 0. The summed E-state index contributed by atoms with van der Waals surface area (Å²) in [7, 11) is 0. The molecule has 0 aliphatic carbocycles. The summed E-state index contributed by atoms with van der Waals surface area (Å²) in [6.45, 7) is 1.50. The van der Waals surface area contributed by atoms with Gasteiger partial charge in [-0.15, -0.1) is 0 Å². The Kier molecular flexibility index (Phi) is 1.61. The van der Waals surface area contributed by atoms with Crippen LogP contribution in [0, 0.1) is 0 Å². The van der Waals surface area contributed by atoms with Crippen LogP contribution in [0.4, 0.5) is 0 Å². The minimum absolute atomic E-state index is 0.411. The van der Waals surface area contributed by atoms with Gasteiger partial charge in [-0.1, -0.05) is 18.2 Å². The maximum Gasteiger partial charge on any atom is 0.339 e. The number of amides is 1. The third-order valence-corrected chi connectivity index (χ3v) is 2.43. The lowest BCUT2D eigenvalue weighted by molar-refractivity contribution is -0.135. The number of primary amides is 1. The van der Waals surface area contributed by atoms with Crippen LogP contribution in [-0.4, -0.2) is 11.9 Å². The maximum absolute atomic E-state index is 11.4. The average Bonchev–Trinajstić information content (AvgIpc) is 2.42. The smallest absolute Gasteiger partial charge is 0.339 e. The normalized spacial score (nSPS) is 24.2. The minimum atomic E-state index is -1.31. The van der Waals surface area contributed by atoms with Gasteiger partial charge in [0.15, 0.2) is 0 Å². The van der Waals surface area contributed by atoms with Gasteiger partial charge in [0, 0.05) is 5.56 Å². The van der Waals surface area contributed by atoms with Crippen LogP contribution in [-0.2, 0) is 15.1 Å². The van der Waals surface area contributed by atoms with Crippen LogP contribution in [0.15, 0.2) is 24.3 Å². The number of ether oxygens (including phenoxy) is 1. The number of hydrogen-bond acceptors (Lipinski definition) is 3. The van der Waals surface area contributed by atoms with E-state index in [0.717, 1.165) is 0 Å². The molecule has 0 fully saturated rings. The summed E-state index contributed by atoms with van der Waals surface area (Å²) in [4.78, 5) is 22.5. The van der Waals surface area contributed by atoms with Crippen molar-refractivity contribution in [3.8, 4) is 0 Å². The molecule has 0 saturated heterocycles. The number of carbonyl (C=O) groups is 2. The number of benzene rings is 1. The van der Waals surface area contributed by atoms with Gasteiger partial charge in [0.05, 0.1) is 5.56 Å². The van der Waals surface area contributed by atoms with Gasteiger partial charge in [-0.25, -0.2) is 4.79 Å². The van der Waals surface area contributed by atoms with Crippen LogP contribution in [0.1, 0.15) is 22.8 Å². The molecule has 4 heteroatoms. The molecule has 1 aliphatic rings. The molecule has 72 valence electrons. The Hall–Kier alpha value is -1.84. The van der Waals surface area contributed by atoms with Gasteiger partial charge >= 0.3 is 5.97 Å². The van der Waals surface area contributed by atoms with E-state index in [1.165, 1.54) is 6.92 Å². The molecule has 0 spiro atoms. The van der Waals surface area contributed by atoms with E-state index in [9.17, 15) is 9.59 Å². The van der Waals surface area contributed by atoms with Gasteiger partial charge in [0.1, 0.15) is 0 Å². The van der Waals surface area contributed by atoms with Gasteiger partial charge < -0.3 is 10.5 Å². The zero-order chi connectivity index (χ0) is 10.3. The summed E-state index contributed by atoms with van der Waals surface area (Å²) in [5, 5.41) is 0. The summed E-state index contributed by atoms with van der Waals surface area (Å²) >= 11 is 0. The largest absolute Gasteiger partial charge is 0.441 e. The predicted molar refractivity (Wildman–Crippen MR) is 48.4 cm³/mol. The fourth-order valence-electron chi connectivity index (χ4n) is 1.56. The fraction of sp³-hybridized carbons (Fsp3) is 0.200. The number of fused-ring (bicyclic) bond motifs is 1. The lowest BCUT2D eigenvalue weighted by atomic mass is 9.94. The van der Waals surface area contributed by atoms with Crippen molar-refractivity contribution >= 4 is 11.9 Å². The van der Waals surface area contributed by atoms with Crippen molar-refractivity contribution in [3.05, 3.63) is 35.4 Å². The molecule has 0 bridgehead atoms. The van der Waals surface area contributed by atoms with Crippen molar-refractivity contribution in [2.75, 3.05) is 0 Å². The maximum atomic E-state index is 11.4. The van der Waals surface area contributed by atoms with Crippen LogP contribution >= 0.6 is 0 Å². The predicted octanol–water partition coefficient (Wildman–Crippen LogP) is 0.557. The molecule has 2 N–H and O–H groups in total. The van der Waals surface area contributed by atoms with Gasteiger partial charge in [-0.05, 0) is 13.0 Å². The second-order valence-electron chi connectivity index (χ2n) is 3.33. The first-order valence-electron chi connectivity index (χ1n) is 4.18. The second kappa shape index (κ2) is 2.57. The van der Waals surface area contributed by atoms with Crippen molar-refractivity contribution in [3.63, 3.8) is 0 Å². The fourth-order valence-corrected chi connectivity index (χ4v) is 1.56. The number of rotatable bonds is 1. The molecule has 1 aliphatic heterocycles. The van der Waals surface area contributed by atoms with E-state index in [2.05, 4.69) is 0 Å². The Morgan fingerprint density at radius 3 is 2.71 bits per heavy atom. The first-order chi connectivity index (χ1) is 6.55. The molecule has 2 rings (SSSR count). The van der Waals surface area contributed by atoms with E-state index >= 15 is 0 Å². The van der Waals surface area contributed by atoms with Crippen molar-refractivity contribution in [2.45, 2.75) is 12.5 Å². The highest BCUT2D eigenvalue weighted by Crippen LogP contribution is 2.35. The third kappa shape index (κ3) is 0.937. The third-order valence-electron chi connectivity index (χ3n) is 2.43. The Labute approximate surface area is 80.7 Å². The zero-order valence-electron chi connectivity index (χ0n) is 7.61. The number of cyclic esters (lactones) is 1. The van der Waals surface area contributed by atoms with E-state index in [-0.39, 0.29) is 0 Å². The minimum Gasteiger partial charge on any atom is -0.441 e. The number of carbonyl (C=O) groups excluding carboxylic acids is 2. The Morgan fingerprint density at radius 2 is 2.07 bits per heavy atom. The molecule has 0 aromatic heterocycles. The first kappa shape index (κ1) is 8.74. The Balaban J connectivity index is 2.65. The van der Waals surface area contributed by atoms with E-state index in [1.54, 1.807) is 24.3 Å². The van der Waals surface area contributed by atoms with Gasteiger partial charge in [-0.2, -0.15) is 0 Å². The second-order valence-corrected chi connectivity index (χ2v) is 3.33. The van der Waals surface area contributed by atoms with Crippen molar-refractivity contribution in [2.24, 2.45) is 5.73 Å². The molecule has 1 amide bonds.